The molecule has 18 heavy (non-hydrogen) atoms. The van der Waals surface area contributed by atoms with E-state index in [9.17, 15) is 4.79 Å². The number of rotatable bonds is 4. The molecule has 6 heteroatoms. The summed E-state index contributed by atoms with van der Waals surface area (Å²) in [6.45, 7) is 1.49. The Labute approximate surface area is 111 Å². The molecule has 0 bridgehead atoms. The van der Waals surface area contributed by atoms with Gasteiger partial charge in [-0.3, -0.25) is 10.1 Å². The van der Waals surface area contributed by atoms with Gasteiger partial charge in [-0.05, 0) is 19.1 Å². The Morgan fingerprint density at radius 2 is 2.50 bits per heavy atom. The molecule has 98 valence electrons. The number of aromatic amines is 1. The van der Waals surface area contributed by atoms with Crippen molar-refractivity contribution >= 4 is 17.7 Å². The highest BCUT2D eigenvalue weighted by Gasteiger charge is 2.42. The predicted octanol–water partition coefficient (Wildman–Crippen LogP) is 0.436. The number of carbonyl (C=O) groups excluding carboxylic acids is 1. The van der Waals surface area contributed by atoms with Gasteiger partial charge >= 0.3 is 0 Å². The number of nitrogens with one attached hydrogen (secondary N) is 3. The number of hydrogen-bond donors (Lipinski definition) is 3. The number of thioether (sulfide) groups is 1. The van der Waals surface area contributed by atoms with Crippen LogP contribution in [0, 0.1) is 0 Å². The van der Waals surface area contributed by atoms with E-state index in [4.69, 9.17) is 0 Å². The number of amides is 1. The average molecular weight is 266 g/mol. The van der Waals surface area contributed by atoms with E-state index in [-0.39, 0.29) is 11.9 Å². The molecule has 2 heterocycles. The minimum atomic E-state index is -0.140. The van der Waals surface area contributed by atoms with Crippen LogP contribution in [0.5, 0.6) is 0 Å². The van der Waals surface area contributed by atoms with Gasteiger partial charge in [0.25, 0.3) is 0 Å². The number of aromatic nitrogens is 2. The first kappa shape index (κ1) is 12.0. The van der Waals surface area contributed by atoms with E-state index >= 15 is 0 Å². The molecule has 1 amide bonds. The van der Waals surface area contributed by atoms with Gasteiger partial charge in [0, 0.05) is 24.3 Å². The molecule has 3 rings (SSSR count). The molecule has 3 N–H and O–H groups in total. The monoisotopic (exact) mass is 266 g/mol. The number of fused-ring (bicyclic) bond motifs is 1. The second-order valence-electron chi connectivity index (χ2n) is 5.07. The van der Waals surface area contributed by atoms with Crippen LogP contribution in [0.1, 0.15) is 24.2 Å². The summed E-state index contributed by atoms with van der Waals surface area (Å²) in [5, 5.41) is 6.31. The van der Waals surface area contributed by atoms with Crippen molar-refractivity contribution in [1.82, 2.24) is 20.6 Å². The molecular weight excluding hydrogens is 248 g/mol. The topological polar surface area (TPSA) is 69.8 Å². The zero-order valence-electron chi connectivity index (χ0n) is 10.5. The Morgan fingerprint density at radius 3 is 3.22 bits per heavy atom. The van der Waals surface area contributed by atoms with E-state index in [1.165, 1.54) is 12.8 Å². The first-order chi connectivity index (χ1) is 8.72. The third-order valence-electron chi connectivity index (χ3n) is 3.87. The van der Waals surface area contributed by atoms with Crippen LogP contribution >= 0.6 is 11.8 Å². The van der Waals surface area contributed by atoms with Gasteiger partial charge in [-0.25, -0.2) is 4.98 Å². The first-order valence-electron chi connectivity index (χ1n) is 6.30. The zero-order valence-corrected chi connectivity index (χ0v) is 11.3. The molecule has 1 aromatic rings. The third kappa shape index (κ3) is 2.27. The quantitative estimate of drug-likeness (QED) is 0.739. The Kier molecular flexibility index (Phi) is 3.07. The van der Waals surface area contributed by atoms with Gasteiger partial charge in [-0.2, -0.15) is 11.8 Å². The largest absolute Gasteiger partial charge is 0.353 e. The first-order valence-corrected chi connectivity index (χ1v) is 7.52. The lowest BCUT2D eigenvalue weighted by Crippen LogP contribution is -2.49. The van der Waals surface area contributed by atoms with Gasteiger partial charge in [0.1, 0.15) is 0 Å². The molecule has 0 spiro atoms. The smallest absolute Gasteiger partial charge is 0.237 e. The summed E-state index contributed by atoms with van der Waals surface area (Å²) in [6.07, 6.45) is 6.93. The molecular formula is C12H18N4OS. The lowest BCUT2D eigenvalue weighted by atomic mass is 10.0. The molecule has 1 atom stereocenters. The molecule has 1 fully saturated rings. The summed E-state index contributed by atoms with van der Waals surface area (Å²) in [6, 6.07) is -0.140. The molecule has 0 aromatic carbocycles. The maximum absolute atomic E-state index is 12.1. The molecule has 1 aliphatic heterocycles. The average Bonchev–Trinajstić information content (AvgIpc) is 3.04. The molecule has 2 aliphatic rings. The Hall–Kier alpha value is -1.01. The van der Waals surface area contributed by atoms with E-state index in [0.29, 0.717) is 17.7 Å². The molecule has 1 aliphatic carbocycles. The molecule has 1 unspecified atom stereocenters. The fourth-order valence-electron chi connectivity index (χ4n) is 2.32. The fourth-order valence-corrected chi connectivity index (χ4v) is 3.05. The Bertz CT molecular complexity index is 455. The Balaban J connectivity index is 1.55. The van der Waals surface area contributed by atoms with E-state index in [0.717, 1.165) is 17.9 Å². The molecule has 0 saturated heterocycles. The zero-order chi connectivity index (χ0) is 12.6. The van der Waals surface area contributed by atoms with Crippen LogP contribution < -0.4 is 10.6 Å². The van der Waals surface area contributed by atoms with Crippen LogP contribution in [0.25, 0.3) is 0 Å². The Morgan fingerprint density at radius 1 is 1.67 bits per heavy atom. The summed E-state index contributed by atoms with van der Waals surface area (Å²) < 4.78 is 0.321. The number of H-pyrrole nitrogens is 1. The predicted molar refractivity (Wildman–Crippen MR) is 71.4 cm³/mol. The van der Waals surface area contributed by atoms with Crippen molar-refractivity contribution in [1.29, 1.82) is 0 Å². The highest BCUT2D eigenvalue weighted by Crippen LogP contribution is 2.46. The van der Waals surface area contributed by atoms with E-state index in [2.05, 4.69) is 26.9 Å². The van der Waals surface area contributed by atoms with Crippen molar-refractivity contribution in [2.24, 2.45) is 0 Å². The van der Waals surface area contributed by atoms with Crippen molar-refractivity contribution in [3.63, 3.8) is 0 Å². The SMILES string of the molecule is CSC1(CNC(=O)C2Cc3nc[nH]c3CN2)CC1. The van der Waals surface area contributed by atoms with Gasteiger partial charge in [-0.15, -0.1) is 0 Å². The van der Waals surface area contributed by atoms with Gasteiger partial charge in [0.2, 0.25) is 5.91 Å². The lowest BCUT2D eigenvalue weighted by Gasteiger charge is -2.23. The number of imidazole rings is 1. The maximum Gasteiger partial charge on any atom is 0.237 e. The minimum Gasteiger partial charge on any atom is -0.353 e. The van der Waals surface area contributed by atoms with E-state index in [1.807, 2.05) is 11.8 Å². The highest BCUT2D eigenvalue weighted by atomic mass is 32.2. The second kappa shape index (κ2) is 4.59. The third-order valence-corrected chi connectivity index (χ3v) is 5.29. The van der Waals surface area contributed by atoms with E-state index in [1.54, 1.807) is 6.33 Å². The number of hydrogen-bond acceptors (Lipinski definition) is 4. The van der Waals surface area contributed by atoms with Gasteiger partial charge in [0.15, 0.2) is 0 Å². The van der Waals surface area contributed by atoms with Crippen molar-refractivity contribution in [2.75, 3.05) is 12.8 Å². The lowest BCUT2D eigenvalue weighted by molar-refractivity contribution is -0.123. The summed E-state index contributed by atoms with van der Waals surface area (Å²) in [5.74, 6) is 0.101. The molecule has 1 saturated carbocycles. The molecule has 0 radical (unpaired) electrons. The van der Waals surface area contributed by atoms with Crippen molar-refractivity contribution in [3.8, 4) is 0 Å². The summed E-state index contributed by atoms with van der Waals surface area (Å²) >= 11 is 1.86. The standard InChI is InChI=1S/C12H18N4OS/c1-18-12(2-3-12)6-14-11(17)9-4-8-10(5-13-9)16-7-15-8/h7,9,13H,2-6H2,1H3,(H,14,17)(H,15,16). The maximum atomic E-state index is 12.1. The van der Waals surface area contributed by atoms with Crippen LogP contribution in [0.2, 0.25) is 0 Å². The van der Waals surface area contributed by atoms with Crippen molar-refractivity contribution < 1.29 is 4.79 Å². The van der Waals surface area contributed by atoms with Crippen molar-refractivity contribution in [3.05, 3.63) is 17.7 Å². The van der Waals surface area contributed by atoms with Gasteiger partial charge in [-0.1, -0.05) is 0 Å². The van der Waals surface area contributed by atoms with Crippen LogP contribution in [0.3, 0.4) is 0 Å². The van der Waals surface area contributed by atoms with Crippen molar-refractivity contribution in [2.45, 2.75) is 36.6 Å². The summed E-state index contributed by atoms with van der Waals surface area (Å²) in [7, 11) is 0. The number of nitrogens with zero attached hydrogens (tertiary/aromatic N) is 1. The normalized spacial score (nSPS) is 24.4. The second-order valence-corrected chi connectivity index (χ2v) is 6.34. The molecule has 5 nitrogen and oxygen atoms in total. The van der Waals surface area contributed by atoms with Crippen LogP contribution in [-0.2, 0) is 17.8 Å². The highest BCUT2D eigenvalue weighted by molar-refractivity contribution is 8.00. The van der Waals surface area contributed by atoms with Crippen LogP contribution in [0.4, 0.5) is 0 Å². The van der Waals surface area contributed by atoms with Gasteiger partial charge in [0.05, 0.1) is 23.8 Å². The summed E-state index contributed by atoms with van der Waals surface area (Å²) in [4.78, 5) is 19.4. The van der Waals surface area contributed by atoms with Gasteiger partial charge < -0.3 is 10.3 Å². The fraction of sp³-hybridized carbons (Fsp3) is 0.667. The molecule has 1 aromatic heterocycles. The van der Waals surface area contributed by atoms with E-state index < -0.39 is 0 Å². The van der Waals surface area contributed by atoms with Crippen LogP contribution in [0.15, 0.2) is 6.33 Å². The minimum absolute atomic E-state index is 0.101. The summed E-state index contributed by atoms with van der Waals surface area (Å²) in [5.41, 5.74) is 2.11. The number of carbonyl (C=O) groups is 1. The van der Waals surface area contributed by atoms with Crippen LogP contribution in [-0.4, -0.2) is 39.5 Å².